The highest BCUT2D eigenvalue weighted by Gasteiger charge is 2.19. The molecule has 1 aromatic carbocycles. The molecule has 1 aromatic heterocycles. The van der Waals surface area contributed by atoms with Crippen molar-refractivity contribution in [2.75, 3.05) is 6.61 Å². The number of aliphatic hydroxyl groups excluding tert-OH is 1. The number of aromatic nitrogens is 3. The average molecular weight is 217 g/mol. The molecule has 0 aliphatic heterocycles. The molecule has 0 saturated heterocycles. The first-order valence-corrected chi connectivity index (χ1v) is 5.21. The fourth-order valence-electron chi connectivity index (χ4n) is 1.51. The zero-order chi connectivity index (χ0) is 11.6. The lowest BCUT2D eigenvalue weighted by Crippen LogP contribution is -2.22. The standard InChI is InChI=1S/C12H15N3O/c1-12(2,9-16)10-4-3-5-11(8-10)15-7-6-13-14-15/h3-8,16H,9H2,1-2H3. The number of nitrogens with zero attached hydrogens (tertiary/aromatic N) is 3. The lowest BCUT2D eigenvalue weighted by Gasteiger charge is -2.22. The molecule has 1 N–H and O–H groups in total. The average Bonchev–Trinajstić information content (AvgIpc) is 2.83. The summed E-state index contributed by atoms with van der Waals surface area (Å²) in [5.74, 6) is 0. The summed E-state index contributed by atoms with van der Waals surface area (Å²) >= 11 is 0. The van der Waals surface area contributed by atoms with E-state index in [0.717, 1.165) is 11.3 Å². The van der Waals surface area contributed by atoms with Gasteiger partial charge in [0.25, 0.3) is 0 Å². The number of hydrogen-bond acceptors (Lipinski definition) is 3. The molecule has 2 aromatic rings. The van der Waals surface area contributed by atoms with E-state index in [0.29, 0.717) is 0 Å². The lowest BCUT2D eigenvalue weighted by molar-refractivity contribution is 0.218. The molecule has 0 aliphatic rings. The third kappa shape index (κ3) is 1.97. The van der Waals surface area contributed by atoms with E-state index in [-0.39, 0.29) is 12.0 Å². The highest BCUT2D eigenvalue weighted by atomic mass is 16.3. The van der Waals surface area contributed by atoms with Crippen LogP contribution in [0.25, 0.3) is 5.69 Å². The Labute approximate surface area is 94.5 Å². The van der Waals surface area contributed by atoms with Crippen LogP contribution in [0.4, 0.5) is 0 Å². The van der Waals surface area contributed by atoms with Gasteiger partial charge < -0.3 is 5.11 Å². The SMILES string of the molecule is CC(C)(CO)c1cccc(-n2ccnn2)c1. The highest BCUT2D eigenvalue weighted by molar-refractivity contribution is 5.37. The fraction of sp³-hybridized carbons (Fsp3) is 0.333. The third-order valence-electron chi connectivity index (χ3n) is 2.71. The topological polar surface area (TPSA) is 50.9 Å². The van der Waals surface area contributed by atoms with E-state index < -0.39 is 0 Å². The summed E-state index contributed by atoms with van der Waals surface area (Å²) in [6, 6.07) is 7.96. The van der Waals surface area contributed by atoms with Gasteiger partial charge in [-0.15, -0.1) is 5.10 Å². The minimum absolute atomic E-state index is 0.119. The van der Waals surface area contributed by atoms with E-state index in [1.807, 2.05) is 38.1 Å². The maximum absolute atomic E-state index is 9.33. The largest absolute Gasteiger partial charge is 0.395 e. The summed E-state index contributed by atoms with van der Waals surface area (Å²) in [4.78, 5) is 0. The van der Waals surface area contributed by atoms with Gasteiger partial charge in [-0.25, -0.2) is 4.68 Å². The van der Waals surface area contributed by atoms with E-state index in [9.17, 15) is 5.11 Å². The molecule has 0 unspecified atom stereocenters. The molecular weight excluding hydrogens is 202 g/mol. The second kappa shape index (κ2) is 4.06. The molecule has 2 rings (SSSR count). The van der Waals surface area contributed by atoms with Crippen molar-refractivity contribution >= 4 is 0 Å². The summed E-state index contributed by atoms with van der Waals surface area (Å²) in [5.41, 5.74) is 1.80. The van der Waals surface area contributed by atoms with Crippen molar-refractivity contribution in [3.63, 3.8) is 0 Å². The van der Waals surface area contributed by atoms with Crippen molar-refractivity contribution in [2.45, 2.75) is 19.3 Å². The van der Waals surface area contributed by atoms with Crippen LogP contribution in [0.2, 0.25) is 0 Å². The number of hydrogen-bond donors (Lipinski definition) is 1. The van der Waals surface area contributed by atoms with Gasteiger partial charge in [-0.1, -0.05) is 31.2 Å². The molecule has 0 radical (unpaired) electrons. The van der Waals surface area contributed by atoms with Crippen molar-refractivity contribution in [1.29, 1.82) is 0 Å². The Balaban J connectivity index is 2.41. The molecule has 0 bridgehead atoms. The smallest absolute Gasteiger partial charge is 0.0697 e. The molecule has 0 spiro atoms. The lowest BCUT2D eigenvalue weighted by atomic mass is 9.85. The second-order valence-corrected chi connectivity index (χ2v) is 4.44. The number of benzene rings is 1. The number of rotatable bonds is 3. The van der Waals surface area contributed by atoms with Gasteiger partial charge in [-0.05, 0) is 17.7 Å². The van der Waals surface area contributed by atoms with Gasteiger partial charge in [0.1, 0.15) is 0 Å². The maximum atomic E-state index is 9.33. The van der Waals surface area contributed by atoms with E-state index in [1.165, 1.54) is 0 Å². The van der Waals surface area contributed by atoms with E-state index in [1.54, 1.807) is 17.1 Å². The predicted molar refractivity (Wildman–Crippen MR) is 61.5 cm³/mol. The van der Waals surface area contributed by atoms with Gasteiger partial charge in [0.15, 0.2) is 0 Å². The first-order valence-electron chi connectivity index (χ1n) is 5.21. The van der Waals surface area contributed by atoms with Crippen LogP contribution in [0.15, 0.2) is 36.7 Å². The van der Waals surface area contributed by atoms with E-state index in [4.69, 9.17) is 0 Å². The van der Waals surface area contributed by atoms with Crippen LogP contribution in [-0.2, 0) is 5.41 Å². The zero-order valence-corrected chi connectivity index (χ0v) is 9.46. The normalized spacial score (nSPS) is 11.7. The number of aliphatic hydroxyl groups is 1. The Bertz CT molecular complexity index is 463. The quantitative estimate of drug-likeness (QED) is 0.848. The summed E-state index contributed by atoms with van der Waals surface area (Å²) in [5, 5.41) is 17.0. The molecule has 84 valence electrons. The summed E-state index contributed by atoms with van der Waals surface area (Å²) < 4.78 is 1.71. The monoisotopic (exact) mass is 217 g/mol. The minimum Gasteiger partial charge on any atom is -0.395 e. The zero-order valence-electron chi connectivity index (χ0n) is 9.46. The molecule has 0 fully saturated rings. The highest BCUT2D eigenvalue weighted by Crippen LogP contribution is 2.23. The van der Waals surface area contributed by atoms with Gasteiger partial charge in [-0.3, -0.25) is 0 Å². The van der Waals surface area contributed by atoms with Crippen LogP contribution < -0.4 is 0 Å². The van der Waals surface area contributed by atoms with Crippen LogP contribution >= 0.6 is 0 Å². The van der Waals surface area contributed by atoms with Crippen molar-refractivity contribution < 1.29 is 5.11 Å². The Morgan fingerprint density at radius 1 is 1.38 bits per heavy atom. The van der Waals surface area contributed by atoms with Crippen LogP contribution in [-0.4, -0.2) is 26.7 Å². The van der Waals surface area contributed by atoms with Crippen LogP contribution in [0, 0.1) is 0 Å². The summed E-state index contributed by atoms with van der Waals surface area (Å²) in [7, 11) is 0. The predicted octanol–water partition coefficient (Wildman–Crippen LogP) is 1.54. The fourth-order valence-corrected chi connectivity index (χ4v) is 1.51. The van der Waals surface area contributed by atoms with E-state index >= 15 is 0 Å². The minimum atomic E-state index is -0.239. The molecule has 4 nitrogen and oxygen atoms in total. The van der Waals surface area contributed by atoms with Crippen molar-refractivity contribution in [3.8, 4) is 5.69 Å². The van der Waals surface area contributed by atoms with Gasteiger partial charge in [0.05, 0.1) is 24.7 Å². The molecule has 16 heavy (non-hydrogen) atoms. The third-order valence-corrected chi connectivity index (χ3v) is 2.71. The molecule has 1 heterocycles. The molecule has 0 amide bonds. The molecule has 0 saturated carbocycles. The second-order valence-electron chi connectivity index (χ2n) is 4.44. The van der Waals surface area contributed by atoms with Crippen LogP contribution in [0.5, 0.6) is 0 Å². The molecule has 4 heteroatoms. The van der Waals surface area contributed by atoms with Crippen molar-refractivity contribution in [2.24, 2.45) is 0 Å². The van der Waals surface area contributed by atoms with Crippen molar-refractivity contribution in [1.82, 2.24) is 15.0 Å². The Kier molecular flexibility index (Phi) is 2.75. The Morgan fingerprint density at radius 2 is 2.19 bits per heavy atom. The summed E-state index contributed by atoms with van der Waals surface area (Å²) in [6.45, 7) is 4.13. The maximum Gasteiger partial charge on any atom is 0.0697 e. The Morgan fingerprint density at radius 3 is 2.81 bits per heavy atom. The first kappa shape index (κ1) is 10.8. The summed E-state index contributed by atoms with van der Waals surface area (Å²) in [6.07, 6.45) is 3.44. The van der Waals surface area contributed by atoms with Gasteiger partial charge in [0, 0.05) is 5.41 Å². The van der Waals surface area contributed by atoms with Crippen molar-refractivity contribution in [3.05, 3.63) is 42.2 Å². The molecule has 0 aliphatic carbocycles. The van der Waals surface area contributed by atoms with Gasteiger partial charge >= 0.3 is 0 Å². The van der Waals surface area contributed by atoms with Gasteiger partial charge in [-0.2, -0.15) is 0 Å². The van der Waals surface area contributed by atoms with Crippen LogP contribution in [0.3, 0.4) is 0 Å². The first-order chi connectivity index (χ1) is 7.63. The van der Waals surface area contributed by atoms with Crippen LogP contribution in [0.1, 0.15) is 19.4 Å². The molecular formula is C12H15N3O. The van der Waals surface area contributed by atoms with Gasteiger partial charge in [0.2, 0.25) is 0 Å². The molecule has 0 atom stereocenters. The Hall–Kier alpha value is -1.68. The van der Waals surface area contributed by atoms with E-state index in [2.05, 4.69) is 10.3 Å².